The number of aliphatic hydroxyl groups excluding tert-OH is 3. The minimum Gasteiger partial charge on any atom is -0.462 e. The van der Waals surface area contributed by atoms with Gasteiger partial charge in [0.25, 0.3) is 0 Å². The molecule has 3 aromatic rings. The first-order valence-corrected chi connectivity index (χ1v) is 9.72. The molecule has 2 heterocycles. The first-order chi connectivity index (χ1) is 13.9. The van der Waals surface area contributed by atoms with Gasteiger partial charge < -0.3 is 34.5 Å². The van der Waals surface area contributed by atoms with Gasteiger partial charge in [0.1, 0.15) is 30.1 Å². The molecule has 9 nitrogen and oxygen atoms in total. The van der Waals surface area contributed by atoms with Gasteiger partial charge in [0.05, 0.1) is 11.3 Å². The van der Waals surface area contributed by atoms with Crippen LogP contribution in [0.2, 0.25) is 0 Å². The number of fused-ring (bicyclic) bond motifs is 3. The van der Waals surface area contributed by atoms with Crippen LogP contribution >= 0.6 is 11.3 Å². The lowest BCUT2D eigenvalue weighted by Crippen LogP contribution is -2.65. The summed E-state index contributed by atoms with van der Waals surface area (Å²) >= 11 is 0.918. The van der Waals surface area contributed by atoms with Crippen molar-refractivity contribution in [1.82, 2.24) is 5.32 Å². The monoisotopic (exact) mass is 421 g/mol. The van der Waals surface area contributed by atoms with Crippen molar-refractivity contribution in [3.05, 3.63) is 40.1 Å². The molecule has 1 aliphatic rings. The van der Waals surface area contributed by atoms with Gasteiger partial charge in [-0.15, -0.1) is 0 Å². The van der Waals surface area contributed by atoms with Crippen LogP contribution in [0.25, 0.3) is 21.1 Å². The Labute approximate surface area is 168 Å². The molecule has 0 aliphatic carbocycles. The van der Waals surface area contributed by atoms with Crippen molar-refractivity contribution in [2.45, 2.75) is 37.6 Å². The zero-order valence-corrected chi connectivity index (χ0v) is 16.1. The minimum atomic E-state index is -1.42. The lowest BCUT2D eigenvalue weighted by atomic mass is 9.97. The number of nitrogens with one attached hydrogen (secondary N) is 1. The molecule has 154 valence electrons. The van der Waals surface area contributed by atoms with E-state index in [4.69, 9.17) is 13.9 Å². The number of hydrogen-bond donors (Lipinski definition) is 4. The highest BCUT2D eigenvalue weighted by Crippen LogP contribution is 2.36. The highest BCUT2D eigenvalue weighted by atomic mass is 32.1. The highest BCUT2D eigenvalue weighted by Gasteiger charge is 2.46. The topological polar surface area (TPSA) is 138 Å². The molecule has 1 fully saturated rings. The SMILES string of the molecule is CC(=O)N[C@@H]1[C@H](Oc2cc3sc(=O)oc3c3ccccc23)O[C@H](CO)[C@@H](O)[C@H]1O. The van der Waals surface area contributed by atoms with Crippen molar-refractivity contribution < 1.29 is 34.0 Å². The molecule has 1 aromatic heterocycles. The van der Waals surface area contributed by atoms with Crippen LogP contribution in [-0.2, 0) is 9.53 Å². The van der Waals surface area contributed by atoms with Gasteiger partial charge in [-0.3, -0.25) is 4.79 Å². The molecule has 4 rings (SSSR count). The van der Waals surface area contributed by atoms with Crippen molar-refractivity contribution >= 4 is 38.3 Å². The molecule has 0 bridgehead atoms. The zero-order valence-electron chi connectivity index (χ0n) is 15.3. The molecule has 0 unspecified atom stereocenters. The predicted molar refractivity (Wildman–Crippen MR) is 104 cm³/mol. The van der Waals surface area contributed by atoms with Gasteiger partial charge in [-0.25, -0.2) is 4.79 Å². The van der Waals surface area contributed by atoms with E-state index in [9.17, 15) is 24.9 Å². The molecule has 0 saturated carbocycles. The third kappa shape index (κ3) is 3.61. The average Bonchev–Trinajstić information content (AvgIpc) is 3.07. The second-order valence-electron chi connectivity index (χ2n) is 6.75. The van der Waals surface area contributed by atoms with Gasteiger partial charge in [-0.05, 0) is 0 Å². The molecule has 1 saturated heterocycles. The summed E-state index contributed by atoms with van der Waals surface area (Å²) in [7, 11) is 0. The fourth-order valence-electron chi connectivity index (χ4n) is 3.46. The zero-order chi connectivity index (χ0) is 20.7. The van der Waals surface area contributed by atoms with E-state index in [0.717, 1.165) is 11.3 Å². The molecule has 10 heteroatoms. The van der Waals surface area contributed by atoms with E-state index in [1.807, 2.05) is 0 Å². The Bertz CT molecular complexity index is 1110. The fraction of sp³-hybridized carbons (Fsp3) is 0.368. The largest absolute Gasteiger partial charge is 0.462 e. The summed E-state index contributed by atoms with van der Waals surface area (Å²) in [6.07, 6.45) is -5.12. The number of carbonyl (C=O) groups excluding carboxylic acids is 1. The van der Waals surface area contributed by atoms with E-state index >= 15 is 0 Å². The van der Waals surface area contributed by atoms with Crippen LogP contribution in [0.3, 0.4) is 0 Å². The molecular weight excluding hydrogens is 402 g/mol. The summed E-state index contributed by atoms with van der Waals surface area (Å²) < 4.78 is 17.5. The van der Waals surface area contributed by atoms with E-state index in [2.05, 4.69) is 5.32 Å². The van der Waals surface area contributed by atoms with Crippen LogP contribution in [0.4, 0.5) is 0 Å². The summed E-state index contributed by atoms with van der Waals surface area (Å²) in [5.41, 5.74) is 0.439. The second kappa shape index (κ2) is 7.73. The van der Waals surface area contributed by atoms with Gasteiger partial charge in [0.2, 0.25) is 12.2 Å². The number of amides is 1. The Morgan fingerprint density at radius 1 is 1.24 bits per heavy atom. The summed E-state index contributed by atoms with van der Waals surface area (Å²) in [6.45, 7) is 0.715. The Morgan fingerprint density at radius 3 is 2.66 bits per heavy atom. The third-order valence-electron chi connectivity index (χ3n) is 4.80. The van der Waals surface area contributed by atoms with Crippen molar-refractivity contribution in [3.63, 3.8) is 0 Å². The first-order valence-electron chi connectivity index (χ1n) is 8.90. The van der Waals surface area contributed by atoms with Gasteiger partial charge in [-0.1, -0.05) is 35.6 Å². The molecule has 5 atom stereocenters. The molecular formula is C19H19NO8S. The molecule has 1 amide bonds. The quantitative estimate of drug-likeness (QED) is 0.473. The van der Waals surface area contributed by atoms with E-state index in [1.54, 1.807) is 30.3 Å². The maximum absolute atomic E-state index is 11.7. The average molecular weight is 421 g/mol. The van der Waals surface area contributed by atoms with Crippen LogP contribution in [0.15, 0.2) is 39.5 Å². The van der Waals surface area contributed by atoms with Crippen LogP contribution < -0.4 is 15.0 Å². The number of aliphatic hydroxyl groups is 3. The second-order valence-corrected chi connectivity index (χ2v) is 7.73. The molecule has 1 aliphatic heterocycles. The fourth-order valence-corrected chi connectivity index (χ4v) is 4.17. The normalized spacial score (nSPS) is 27.2. The van der Waals surface area contributed by atoms with E-state index in [-0.39, 0.29) is 0 Å². The first kappa shape index (κ1) is 19.8. The van der Waals surface area contributed by atoms with E-state index < -0.39 is 48.1 Å². The Balaban J connectivity index is 1.78. The Kier molecular flexibility index (Phi) is 5.28. The standard InChI is InChI=1S/C19H19NO8S/c1-8(22)20-14-16(24)15(23)12(7-21)27-18(14)26-11-6-13-17(28-19(25)29-13)10-5-3-2-4-9(10)11/h2-6,12,14-16,18,21,23-24H,7H2,1H3,(H,20,22)/t12-,14+,15-,16+,18-/m1/s1. The van der Waals surface area contributed by atoms with Gasteiger partial charge in [0.15, 0.2) is 5.58 Å². The summed E-state index contributed by atoms with van der Waals surface area (Å²) in [6, 6.07) is 7.67. The van der Waals surface area contributed by atoms with Gasteiger partial charge in [0, 0.05) is 23.8 Å². The summed E-state index contributed by atoms with van der Waals surface area (Å²) in [5.74, 6) is -0.111. The predicted octanol–water partition coefficient (Wildman–Crippen LogP) is 0.330. The number of ether oxygens (including phenoxy) is 2. The van der Waals surface area contributed by atoms with E-state index in [0.29, 0.717) is 26.8 Å². The van der Waals surface area contributed by atoms with Crippen molar-refractivity contribution in [1.29, 1.82) is 0 Å². The van der Waals surface area contributed by atoms with E-state index in [1.165, 1.54) is 6.92 Å². The summed E-state index contributed by atoms with van der Waals surface area (Å²) in [5, 5.41) is 33.8. The third-order valence-corrected chi connectivity index (χ3v) is 5.57. The van der Waals surface area contributed by atoms with Crippen LogP contribution in [0, 0.1) is 0 Å². The number of benzene rings is 2. The van der Waals surface area contributed by atoms with Crippen LogP contribution in [0.5, 0.6) is 5.75 Å². The van der Waals surface area contributed by atoms with Crippen LogP contribution in [-0.4, -0.2) is 58.5 Å². The molecule has 0 spiro atoms. The minimum absolute atomic E-state index is 0.339. The lowest BCUT2D eigenvalue weighted by molar-refractivity contribution is -0.244. The maximum atomic E-state index is 11.7. The summed E-state index contributed by atoms with van der Waals surface area (Å²) in [4.78, 5) is 22.9. The molecule has 2 aromatic carbocycles. The number of rotatable bonds is 4. The molecule has 4 N–H and O–H groups in total. The van der Waals surface area contributed by atoms with Crippen molar-refractivity contribution in [3.8, 4) is 5.75 Å². The lowest BCUT2D eigenvalue weighted by Gasteiger charge is -2.42. The number of carbonyl (C=O) groups is 1. The Hall–Kier alpha value is -2.50. The number of hydrogen-bond acceptors (Lipinski definition) is 9. The van der Waals surface area contributed by atoms with Crippen LogP contribution in [0.1, 0.15) is 6.92 Å². The maximum Gasteiger partial charge on any atom is 0.396 e. The Morgan fingerprint density at radius 2 is 1.97 bits per heavy atom. The highest BCUT2D eigenvalue weighted by molar-refractivity contribution is 7.16. The van der Waals surface area contributed by atoms with Crippen molar-refractivity contribution in [2.75, 3.05) is 6.61 Å². The van der Waals surface area contributed by atoms with Crippen molar-refractivity contribution in [2.24, 2.45) is 0 Å². The molecule has 29 heavy (non-hydrogen) atoms. The van der Waals surface area contributed by atoms with Gasteiger partial charge in [-0.2, -0.15) is 0 Å². The molecule has 0 radical (unpaired) electrons. The smallest absolute Gasteiger partial charge is 0.396 e. The van der Waals surface area contributed by atoms with Gasteiger partial charge >= 0.3 is 4.94 Å².